The number of halogens is 1. The van der Waals surface area contributed by atoms with Gasteiger partial charge in [0.25, 0.3) is 0 Å². The molecule has 0 spiro atoms. The van der Waals surface area contributed by atoms with Crippen molar-refractivity contribution in [2.75, 3.05) is 26.0 Å². The van der Waals surface area contributed by atoms with Crippen LogP contribution in [-0.2, 0) is 9.59 Å². The van der Waals surface area contributed by atoms with Crippen molar-refractivity contribution in [1.82, 2.24) is 14.9 Å². The lowest BCUT2D eigenvalue weighted by molar-refractivity contribution is -0.126. The summed E-state index contributed by atoms with van der Waals surface area (Å²) in [5.41, 5.74) is 2.18. The topological polar surface area (TPSA) is 66.4 Å². The molecule has 0 amide bonds. The van der Waals surface area contributed by atoms with E-state index < -0.39 is 12.1 Å². The van der Waals surface area contributed by atoms with Gasteiger partial charge in [-0.05, 0) is 43.4 Å². The fraction of sp³-hybridized carbons (Fsp3) is 0.478. The third kappa shape index (κ3) is 5.24. The Labute approximate surface area is 184 Å². The molecule has 2 rings (SSSR count). The first-order valence-electron chi connectivity index (χ1n) is 10.1. The lowest BCUT2D eigenvalue weighted by Gasteiger charge is -2.32. The maximum absolute atomic E-state index is 13.1. The third-order valence-corrected chi connectivity index (χ3v) is 5.43. The molecule has 162 valence electrons. The number of Topliss-reactive ketones (excluding diaryl/α,β-unsaturated/α-hetero) is 2. The number of anilines is 1. The van der Waals surface area contributed by atoms with Crippen molar-refractivity contribution in [3.63, 3.8) is 0 Å². The van der Waals surface area contributed by atoms with Gasteiger partial charge in [-0.25, -0.2) is 4.98 Å². The van der Waals surface area contributed by atoms with Gasteiger partial charge >= 0.3 is 0 Å². The Kier molecular flexibility index (Phi) is 8.10. The van der Waals surface area contributed by atoms with Crippen molar-refractivity contribution >= 4 is 28.9 Å². The Bertz CT molecular complexity index is 884. The Morgan fingerprint density at radius 2 is 1.43 bits per heavy atom. The predicted molar refractivity (Wildman–Crippen MR) is 121 cm³/mol. The van der Waals surface area contributed by atoms with E-state index in [-0.39, 0.29) is 28.6 Å². The summed E-state index contributed by atoms with van der Waals surface area (Å²) < 4.78 is 0. The van der Waals surface area contributed by atoms with E-state index >= 15 is 0 Å². The molecule has 2 aromatic rings. The van der Waals surface area contributed by atoms with Crippen molar-refractivity contribution < 1.29 is 9.59 Å². The van der Waals surface area contributed by atoms with E-state index in [2.05, 4.69) is 9.97 Å². The number of aromatic nitrogens is 2. The van der Waals surface area contributed by atoms with Crippen molar-refractivity contribution in [3.8, 4) is 0 Å². The van der Waals surface area contributed by atoms with Crippen molar-refractivity contribution in [2.45, 2.75) is 39.8 Å². The Morgan fingerprint density at radius 1 is 0.900 bits per heavy atom. The van der Waals surface area contributed by atoms with Crippen LogP contribution in [0.5, 0.6) is 0 Å². The predicted octanol–water partition coefficient (Wildman–Crippen LogP) is 4.36. The van der Waals surface area contributed by atoms with Crippen LogP contribution in [0.15, 0.2) is 36.8 Å². The normalized spacial score (nSPS) is 13.6. The minimum atomic E-state index is -0.541. The molecule has 0 fully saturated rings. The maximum atomic E-state index is 13.1. The number of carbonyl (C=O) groups excluding carboxylic acids is 2. The van der Waals surface area contributed by atoms with Gasteiger partial charge in [0.2, 0.25) is 0 Å². The van der Waals surface area contributed by atoms with Crippen LogP contribution in [0.4, 0.5) is 5.69 Å². The van der Waals surface area contributed by atoms with Gasteiger partial charge in [-0.3, -0.25) is 19.5 Å². The molecule has 0 bridgehead atoms. The summed E-state index contributed by atoms with van der Waals surface area (Å²) in [7, 11) is 5.56. The molecular weight excluding hydrogens is 400 g/mol. The molecule has 2 unspecified atom stereocenters. The summed E-state index contributed by atoms with van der Waals surface area (Å²) in [4.78, 5) is 38.1. The van der Waals surface area contributed by atoms with E-state index in [9.17, 15) is 9.59 Å². The molecule has 0 aromatic carbocycles. The van der Waals surface area contributed by atoms with E-state index in [1.54, 1.807) is 18.6 Å². The molecule has 0 radical (unpaired) electrons. The van der Waals surface area contributed by atoms with Crippen LogP contribution in [0, 0.1) is 11.8 Å². The largest absolute Gasteiger partial charge is 0.358 e. The van der Waals surface area contributed by atoms with Crippen LogP contribution in [0.2, 0.25) is 5.15 Å². The molecule has 30 heavy (non-hydrogen) atoms. The van der Waals surface area contributed by atoms with E-state index in [0.29, 0.717) is 5.69 Å². The average molecular weight is 431 g/mol. The summed E-state index contributed by atoms with van der Waals surface area (Å²) >= 11 is 6.46. The molecule has 2 aromatic heterocycles. The van der Waals surface area contributed by atoms with Crippen LogP contribution in [0.3, 0.4) is 0 Å². The average Bonchev–Trinajstić information content (AvgIpc) is 2.69. The van der Waals surface area contributed by atoms with E-state index in [1.807, 2.05) is 76.8 Å². The van der Waals surface area contributed by atoms with Gasteiger partial charge in [0, 0.05) is 37.5 Å². The first-order valence-corrected chi connectivity index (χ1v) is 10.5. The molecule has 7 heteroatoms. The van der Waals surface area contributed by atoms with Gasteiger partial charge in [0.1, 0.15) is 6.04 Å². The molecule has 2 atom stereocenters. The minimum Gasteiger partial charge on any atom is -0.358 e. The van der Waals surface area contributed by atoms with E-state index in [0.717, 1.165) is 11.1 Å². The van der Waals surface area contributed by atoms with E-state index in [1.165, 1.54) is 0 Å². The third-order valence-electron chi connectivity index (χ3n) is 5.14. The number of rotatable bonds is 9. The summed E-state index contributed by atoms with van der Waals surface area (Å²) in [5, 5.41) is 0.284. The van der Waals surface area contributed by atoms with Crippen LogP contribution < -0.4 is 4.90 Å². The second-order valence-corrected chi connectivity index (χ2v) is 8.71. The second kappa shape index (κ2) is 10.1. The number of pyridine rings is 2. The molecular formula is C23H31ClN4O2. The van der Waals surface area contributed by atoms with Crippen LogP contribution in [0.25, 0.3) is 0 Å². The minimum absolute atomic E-state index is 0.0626. The van der Waals surface area contributed by atoms with Crippen LogP contribution in [0.1, 0.15) is 50.9 Å². The lowest BCUT2D eigenvalue weighted by atomic mass is 9.93. The van der Waals surface area contributed by atoms with E-state index in [4.69, 9.17) is 11.6 Å². The summed E-state index contributed by atoms with van der Waals surface area (Å²) in [6, 6.07) is 4.54. The molecule has 0 aliphatic rings. The quantitative estimate of drug-likeness (QED) is 0.550. The molecule has 0 saturated heterocycles. The molecule has 0 aliphatic heterocycles. The molecule has 0 aliphatic carbocycles. The van der Waals surface area contributed by atoms with Gasteiger partial charge in [-0.1, -0.05) is 39.3 Å². The summed E-state index contributed by atoms with van der Waals surface area (Å²) in [6.07, 6.45) is 4.98. The lowest BCUT2D eigenvalue weighted by Crippen LogP contribution is -2.34. The molecule has 0 N–H and O–H groups in total. The van der Waals surface area contributed by atoms with Gasteiger partial charge < -0.3 is 4.90 Å². The number of ketones is 2. The first kappa shape index (κ1) is 24.0. The second-order valence-electron chi connectivity index (χ2n) is 8.35. The van der Waals surface area contributed by atoms with Gasteiger partial charge in [-0.15, -0.1) is 0 Å². The Balaban J connectivity index is 2.56. The smallest absolute Gasteiger partial charge is 0.162 e. The highest BCUT2D eigenvalue weighted by molar-refractivity contribution is 6.32. The highest BCUT2D eigenvalue weighted by Gasteiger charge is 2.31. The zero-order valence-corrected chi connectivity index (χ0v) is 19.5. The monoisotopic (exact) mass is 430 g/mol. The number of hydrogen-bond acceptors (Lipinski definition) is 6. The summed E-state index contributed by atoms with van der Waals surface area (Å²) in [5.74, 6) is -0.131. The number of carbonyl (C=O) groups is 2. The molecule has 6 nitrogen and oxygen atoms in total. The fourth-order valence-corrected chi connectivity index (χ4v) is 3.70. The number of nitrogens with zero attached hydrogens (tertiary/aromatic N) is 4. The van der Waals surface area contributed by atoms with Crippen molar-refractivity contribution in [3.05, 3.63) is 53.1 Å². The number of hydrogen-bond donors (Lipinski definition) is 0. The van der Waals surface area contributed by atoms with Crippen molar-refractivity contribution in [2.24, 2.45) is 11.8 Å². The van der Waals surface area contributed by atoms with Gasteiger partial charge in [-0.2, -0.15) is 0 Å². The van der Waals surface area contributed by atoms with Crippen LogP contribution in [-0.4, -0.2) is 47.6 Å². The van der Waals surface area contributed by atoms with Gasteiger partial charge in [0.15, 0.2) is 16.7 Å². The van der Waals surface area contributed by atoms with Crippen LogP contribution >= 0.6 is 11.6 Å². The zero-order chi connectivity index (χ0) is 22.6. The number of likely N-dealkylation sites (N-methyl/N-ethyl adjacent to an activating group) is 2. The standard InChI is InChI=1S/C23H31ClN4O2/c1-14(2)21(29)19(27(5)6)17-12-18(23(24)26-13-17)28(7)20(22(30)15(3)4)16-8-10-25-11-9-16/h8-15,19-20H,1-7H3. The fourth-order valence-electron chi connectivity index (χ4n) is 3.46. The SMILES string of the molecule is CC(C)C(=O)C(c1cnc(Cl)c(N(C)C(C(=O)C(C)C)c2ccncc2)c1)N(C)C. The van der Waals surface area contributed by atoms with Crippen molar-refractivity contribution in [1.29, 1.82) is 0 Å². The Hall–Kier alpha value is -2.31. The highest BCUT2D eigenvalue weighted by atomic mass is 35.5. The maximum Gasteiger partial charge on any atom is 0.162 e. The summed E-state index contributed by atoms with van der Waals surface area (Å²) in [6.45, 7) is 7.53. The Morgan fingerprint density at radius 3 is 1.93 bits per heavy atom. The van der Waals surface area contributed by atoms with Gasteiger partial charge in [0.05, 0.1) is 11.7 Å². The molecule has 2 heterocycles. The first-order chi connectivity index (χ1) is 14.1. The highest BCUT2D eigenvalue weighted by Crippen LogP contribution is 2.35. The molecule has 0 saturated carbocycles. The zero-order valence-electron chi connectivity index (χ0n) is 18.8.